The van der Waals surface area contributed by atoms with Gasteiger partial charge in [-0.15, -0.1) is 0 Å². The van der Waals surface area contributed by atoms with Gasteiger partial charge in [-0.25, -0.2) is 4.79 Å². The van der Waals surface area contributed by atoms with Crippen LogP contribution >= 0.6 is 0 Å². The molecule has 0 aliphatic carbocycles. The highest BCUT2D eigenvalue weighted by molar-refractivity contribution is 5.86. The van der Waals surface area contributed by atoms with Crippen LogP contribution in [-0.4, -0.2) is 22.3 Å². The van der Waals surface area contributed by atoms with E-state index < -0.39 is 6.16 Å². The number of benzene rings is 2. The first-order chi connectivity index (χ1) is 13.7. The molecule has 1 atom stereocenters. The van der Waals surface area contributed by atoms with Crippen molar-refractivity contribution in [2.75, 3.05) is 6.61 Å². The zero-order valence-corrected chi connectivity index (χ0v) is 15.5. The van der Waals surface area contributed by atoms with E-state index in [-0.39, 0.29) is 12.6 Å². The lowest BCUT2D eigenvalue weighted by Crippen LogP contribution is -2.20. The number of aromatic nitrogens is 2. The highest BCUT2D eigenvalue weighted by Crippen LogP contribution is 2.40. The molecule has 0 saturated heterocycles. The Kier molecular flexibility index (Phi) is 3.93. The Morgan fingerprint density at radius 1 is 1.14 bits per heavy atom. The van der Waals surface area contributed by atoms with Crippen molar-refractivity contribution >= 4 is 17.1 Å². The number of fused-ring (bicyclic) bond motifs is 4. The number of H-pyrrole nitrogens is 1. The first-order valence-electron chi connectivity index (χ1n) is 9.44. The summed E-state index contributed by atoms with van der Waals surface area (Å²) in [6.45, 7) is 2.05. The van der Waals surface area contributed by atoms with Crippen molar-refractivity contribution in [2.45, 2.75) is 19.4 Å². The molecule has 0 bridgehead atoms. The second kappa shape index (κ2) is 6.60. The number of rotatable bonds is 3. The van der Waals surface area contributed by atoms with Crippen molar-refractivity contribution in [3.8, 4) is 5.75 Å². The third-order valence-corrected chi connectivity index (χ3v) is 5.24. The van der Waals surface area contributed by atoms with E-state index in [1.54, 1.807) is 6.92 Å². The van der Waals surface area contributed by atoms with Crippen LogP contribution in [0.15, 0.2) is 66.9 Å². The van der Waals surface area contributed by atoms with E-state index in [4.69, 9.17) is 9.47 Å². The Bertz CT molecular complexity index is 1160. The summed E-state index contributed by atoms with van der Waals surface area (Å²) in [5.41, 5.74) is 5.89. The molecular formula is C23H20N2O3. The Morgan fingerprint density at radius 2 is 1.93 bits per heavy atom. The third-order valence-electron chi connectivity index (χ3n) is 5.24. The maximum atomic E-state index is 11.8. The van der Waals surface area contributed by atoms with Crippen molar-refractivity contribution in [3.05, 3.63) is 89.4 Å². The largest absolute Gasteiger partial charge is 0.513 e. The van der Waals surface area contributed by atoms with Crippen LogP contribution in [0.4, 0.5) is 4.79 Å². The van der Waals surface area contributed by atoms with Crippen LogP contribution in [-0.2, 0) is 11.2 Å². The van der Waals surface area contributed by atoms with Gasteiger partial charge in [-0.2, -0.15) is 0 Å². The van der Waals surface area contributed by atoms with E-state index in [0.717, 1.165) is 17.6 Å². The van der Waals surface area contributed by atoms with Crippen molar-refractivity contribution in [3.63, 3.8) is 0 Å². The van der Waals surface area contributed by atoms with Crippen molar-refractivity contribution in [1.29, 1.82) is 0 Å². The zero-order valence-electron chi connectivity index (χ0n) is 15.5. The zero-order chi connectivity index (χ0) is 19.1. The van der Waals surface area contributed by atoms with Crippen molar-refractivity contribution in [1.82, 2.24) is 9.55 Å². The topological polar surface area (TPSA) is 56.2 Å². The van der Waals surface area contributed by atoms with Gasteiger partial charge in [0.15, 0.2) is 5.75 Å². The summed E-state index contributed by atoms with van der Waals surface area (Å²) in [7, 11) is 0. The fourth-order valence-electron chi connectivity index (χ4n) is 4.11. The van der Waals surface area contributed by atoms with Crippen molar-refractivity contribution < 1.29 is 14.3 Å². The van der Waals surface area contributed by atoms with Gasteiger partial charge in [0.2, 0.25) is 0 Å². The lowest BCUT2D eigenvalue weighted by Gasteiger charge is -2.27. The SMILES string of the molecule is CCOC(=O)Oc1cc2n(c1)C(c1ccccc1)c1[nH]c3ccccc3c1C2. The molecule has 28 heavy (non-hydrogen) atoms. The van der Waals surface area contributed by atoms with Crippen LogP contribution in [0, 0.1) is 0 Å². The number of hydrogen-bond acceptors (Lipinski definition) is 3. The summed E-state index contributed by atoms with van der Waals surface area (Å²) in [6, 6.07) is 20.7. The molecular weight excluding hydrogens is 352 g/mol. The third kappa shape index (κ3) is 2.67. The monoisotopic (exact) mass is 372 g/mol. The molecule has 0 saturated carbocycles. The number of carbonyl (C=O) groups is 1. The van der Waals surface area contributed by atoms with Gasteiger partial charge in [-0.05, 0) is 24.1 Å². The molecule has 1 aliphatic heterocycles. The summed E-state index contributed by atoms with van der Waals surface area (Å²) >= 11 is 0. The van der Waals surface area contributed by atoms with E-state index in [2.05, 4.69) is 39.9 Å². The predicted octanol–water partition coefficient (Wildman–Crippen LogP) is 5.05. The van der Waals surface area contributed by atoms with Crippen molar-refractivity contribution in [2.24, 2.45) is 0 Å². The van der Waals surface area contributed by atoms with Crippen LogP contribution in [0.5, 0.6) is 5.75 Å². The van der Waals surface area contributed by atoms with Crippen LogP contribution in [0.1, 0.15) is 35.5 Å². The molecule has 3 heterocycles. The molecule has 0 amide bonds. The average Bonchev–Trinajstić information content (AvgIpc) is 3.27. The fraction of sp³-hybridized carbons (Fsp3) is 0.174. The predicted molar refractivity (Wildman–Crippen MR) is 107 cm³/mol. The fourth-order valence-corrected chi connectivity index (χ4v) is 4.11. The number of ether oxygens (including phenoxy) is 2. The van der Waals surface area contributed by atoms with Gasteiger partial charge in [0.25, 0.3) is 0 Å². The Balaban J connectivity index is 1.65. The highest BCUT2D eigenvalue weighted by Gasteiger charge is 2.30. The van der Waals surface area contributed by atoms with Gasteiger partial charge in [0.1, 0.15) is 0 Å². The molecule has 0 radical (unpaired) electrons. The molecule has 2 aromatic heterocycles. The number of nitrogens with one attached hydrogen (secondary N) is 1. The summed E-state index contributed by atoms with van der Waals surface area (Å²) in [4.78, 5) is 15.4. The van der Waals surface area contributed by atoms with Gasteiger partial charge in [-0.3, -0.25) is 0 Å². The number of nitrogens with zero attached hydrogens (tertiary/aromatic N) is 1. The summed E-state index contributed by atoms with van der Waals surface area (Å²) in [6.07, 6.45) is 1.98. The van der Waals surface area contributed by atoms with Gasteiger partial charge < -0.3 is 19.0 Å². The first-order valence-corrected chi connectivity index (χ1v) is 9.44. The molecule has 0 fully saturated rings. The molecule has 5 heteroatoms. The average molecular weight is 372 g/mol. The maximum absolute atomic E-state index is 11.8. The Labute approximate surface area is 162 Å². The van der Waals surface area contributed by atoms with Gasteiger partial charge in [0.05, 0.1) is 12.6 Å². The minimum atomic E-state index is -0.675. The van der Waals surface area contributed by atoms with E-state index in [9.17, 15) is 4.79 Å². The normalized spacial score (nSPS) is 15.1. The maximum Gasteiger partial charge on any atom is 0.513 e. The molecule has 0 spiro atoms. The molecule has 1 N–H and O–H groups in total. The molecule has 1 unspecified atom stereocenters. The molecule has 2 aromatic carbocycles. The summed E-state index contributed by atoms with van der Waals surface area (Å²) in [5, 5.41) is 1.23. The standard InChI is InChI=1S/C23H20N2O3/c1-2-27-23(26)28-17-12-16-13-19-18-10-6-7-11-20(18)24-21(19)22(25(16)14-17)15-8-4-3-5-9-15/h3-12,14,22,24H,2,13H2,1H3. The molecule has 140 valence electrons. The minimum Gasteiger partial charge on any atom is -0.434 e. The summed E-state index contributed by atoms with van der Waals surface area (Å²) in [5.74, 6) is 0.504. The van der Waals surface area contributed by atoms with Gasteiger partial charge >= 0.3 is 6.16 Å². The second-order valence-corrected chi connectivity index (χ2v) is 6.91. The van der Waals surface area contributed by atoms with Gasteiger partial charge in [0, 0.05) is 41.0 Å². The lowest BCUT2D eigenvalue weighted by molar-refractivity contribution is 0.104. The summed E-state index contributed by atoms with van der Waals surface area (Å²) < 4.78 is 12.5. The molecule has 5 nitrogen and oxygen atoms in total. The number of hydrogen-bond donors (Lipinski definition) is 1. The number of para-hydroxylation sites is 1. The molecule has 5 rings (SSSR count). The van der Waals surface area contributed by atoms with E-state index in [0.29, 0.717) is 5.75 Å². The first kappa shape index (κ1) is 16.7. The van der Waals surface area contributed by atoms with Crippen LogP contribution in [0.2, 0.25) is 0 Å². The number of carbonyl (C=O) groups excluding carboxylic acids is 1. The van der Waals surface area contributed by atoms with E-state index >= 15 is 0 Å². The van der Waals surface area contributed by atoms with E-state index in [1.807, 2.05) is 36.5 Å². The highest BCUT2D eigenvalue weighted by atomic mass is 16.7. The Morgan fingerprint density at radius 3 is 2.75 bits per heavy atom. The minimum absolute atomic E-state index is 0.00750. The molecule has 1 aliphatic rings. The quantitative estimate of drug-likeness (QED) is 0.451. The van der Waals surface area contributed by atoms with Crippen LogP contribution in [0.25, 0.3) is 10.9 Å². The second-order valence-electron chi connectivity index (χ2n) is 6.91. The Hall–Kier alpha value is -3.47. The van der Waals surface area contributed by atoms with E-state index in [1.165, 1.54) is 22.2 Å². The number of aromatic amines is 1. The van der Waals surface area contributed by atoms with Crippen LogP contribution < -0.4 is 4.74 Å². The smallest absolute Gasteiger partial charge is 0.434 e. The lowest BCUT2D eigenvalue weighted by atomic mass is 9.93. The molecule has 4 aromatic rings. The van der Waals surface area contributed by atoms with Gasteiger partial charge in [-0.1, -0.05) is 48.5 Å². The van der Waals surface area contributed by atoms with Crippen LogP contribution in [0.3, 0.4) is 0 Å².